The van der Waals surface area contributed by atoms with E-state index < -0.39 is 22.7 Å². The van der Waals surface area contributed by atoms with Crippen molar-refractivity contribution in [2.75, 3.05) is 34.9 Å². The number of rotatable bonds is 6. The highest BCUT2D eigenvalue weighted by Crippen LogP contribution is 2.36. The van der Waals surface area contributed by atoms with Crippen LogP contribution in [0.2, 0.25) is 5.02 Å². The molecule has 0 spiro atoms. The number of benzene rings is 1. The van der Waals surface area contributed by atoms with E-state index in [1.807, 2.05) is 18.0 Å². The molecule has 11 nitrogen and oxygen atoms in total. The molecular formula is C22H19ClF3N9O2S. The largest absolute Gasteiger partial charge is 0.476 e. The Labute approximate surface area is 223 Å². The molecule has 16 heteroatoms. The van der Waals surface area contributed by atoms with Crippen LogP contribution in [0.3, 0.4) is 0 Å². The number of nitrogens with one attached hydrogen (secondary N) is 5. The number of thiocarbonyl (C=S) groups is 1. The first-order chi connectivity index (χ1) is 18.0. The van der Waals surface area contributed by atoms with Crippen LogP contribution in [0, 0.1) is 0 Å². The number of alkyl halides is 3. The molecule has 0 radical (unpaired) electrons. The summed E-state index contributed by atoms with van der Waals surface area (Å²) in [6.07, 6.45) is -1.27. The maximum absolute atomic E-state index is 13.1. The maximum atomic E-state index is 13.1. The van der Waals surface area contributed by atoms with E-state index in [1.54, 1.807) is 12.1 Å². The molecule has 2 aromatic heterocycles. The number of guanidine groups is 1. The monoisotopic (exact) mass is 565 g/mol. The first-order valence-corrected chi connectivity index (χ1v) is 11.5. The zero-order valence-electron chi connectivity index (χ0n) is 19.4. The average molecular weight is 566 g/mol. The lowest BCUT2D eigenvalue weighted by Gasteiger charge is -2.25. The molecule has 3 heterocycles. The van der Waals surface area contributed by atoms with Crippen LogP contribution in [0.5, 0.6) is 0 Å². The first-order valence-electron chi connectivity index (χ1n) is 10.7. The van der Waals surface area contributed by atoms with Gasteiger partial charge in [0.25, 0.3) is 0 Å². The van der Waals surface area contributed by atoms with Crippen molar-refractivity contribution < 1.29 is 23.1 Å². The van der Waals surface area contributed by atoms with Gasteiger partial charge in [0.1, 0.15) is 17.5 Å². The van der Waals surface area contributed by atoms with Gasteiger partial charge >= 0.3 is 12.1 Å². The van der Waals surface area contributed by atoms with E-state index in [4.69, 9.17) is 28.9 Å². The van der Waals surface area contributed by atoms with E-state index in [9.17, 15) is 18.0 Å². The summed E-state index contributed by atoms with van der Waals surface area (Å²) in [5.74, 6) is 0.546. The number of aromatic amines is 1. The minimum absolute atomic E-state index is 0.0377. The number of aromatic carboxylic acids is 1. The minimum Gasteiger partial charge on any atom is -0.476 e. The Kier molecular flexibility index (Phi) is 7.68. The second-order valence-corrected chi connectivity index (χ2v) is 8.65. The van der Waals surface area contributed by atoms with Gasteiger partial charge in [-0.15, -0.1) is 0 Å². The van der Waals surface area contributed by atoms with Crippen LogP contribution < -0.4 is 21.3 Å². The average Bonchev–Trinajstić information content (AvgIpc) is 3.32. The Morgan fingerprint density at radius 1 is 1.16 bits per heavy atom. The fourth-order valence-corrected chi connectivity index (χ4v) is 3.61. The van der Waals surface area contributed by atoms with Crippen LogP contribution in [0.25, 0.3) is 0 Å². The third kappa shape index (κ3) is 6.68. The molecule has 1 aromatic carbocycles. The summed E-state index contributed by atoms with van der Waals surface area (Å²) >= 11 is 10.8. The van der Waals surface area contributed by atoms with Crippen molar-refractivity contribution >= 4 is 63.9 Å². The number of carboxylic acids is 1. The lowest BCUT2D eigenvalue weighted by atomic mass is 10.2. The second kappa shape index (κ2) is 10.9. The maximum Gasteiger partial charge on any atom is 0.417 e. The second-order valence-electron chi connectivity index (χ2n) is 7.83. The molecule has 0 atom stereocenters. The molecule has 3 aromatic rings. The number of halogens is 4. The molecule has 0 saturated heterocycles. The fraction of sp³-hybridized carbons (Fsp3) is 0.136. The van der Waals surface area contributed by atoms with E-state index in [1.165, 1.54) is 18.3 Å². The normalized spacial score (nSPS) is 13.3. The molecule has 0 saturated carbocycles. The number of carbonyl (C=O) groups is 1. The van der Waals surface area contributed by atoms with E-state index in [0.29, 0.717) is 35.6 Å². The van der Waals surface area contributed by atoms with Crippen LogP contribution in [0.4, 0.5) is 36.2 Å². The smallest absolute Gasteiger partial charge is 0.417 e. The SMILES string of the molecule is CN1CC=C(Nc2cc(C(=O)O)n[nH]2)N=C1Nc1ccc(NC(=S)Nc2ccc(Cl)c(C(F)(F)F)c2)nc1. The van der Waals surface area contributed by atoms with E-state index >= 15 is 0 Å². The van der Waals surface area contributed by atoms with Crippen molar-refractivity contribution in [1.82, 2.24) is 20.1 Å². The van der Waals surface area contributed by atoms with Crippen molar-refractivity contribution in [2.45, 2.75) is 6.18 Å². The van der Waals surface area contributed by atoms with Crippen molar-refractivity contribution in [1.29, 1.82) is 0 Å². The fourth-order valence-electron chi connectivity index (χ4n) is 3.16. The predicted molar refractivity (Wildman–Crippen MR) is 141 cm³/mol. The van der Waals surface area contributed by atoms with Gasteiger partial charge in [0.2, 0.25) is 5.96 Å². The van der Waals surface area contributed by atoms with Crippen LogP contribution in [-0.2, 0) is 6.18 Å². The van der Waals surface area contributed by atoms with Crippen LogP contribution in [0.15, 0.2) is 59.5 Å². The van der Waals surface area contributed by atoms with Gasteiger partial charge in [-0.1, -0.05) is 11.6 Å². The number of aromatic nitrogens is 3. The predicted octanol–water partition coefficient (Wildman–Crippen LogP) is 4.65. The molecule has 6 N–H and O–H groups in total. The highest BCUT2D eigenvalue weighted by molar-refractivity contribution is 7.80. The van der Waals surface area contributed by atoms with Crippen molar-refractivity contribution in [2.24, 2.45) is 4.99 Å². The van der Waals surface area contributed by atoms with Gasteiger partial charge in [-0.3, -0.25) is 5.10 Å². The lowest BCUT2D eigenvalue weighted by molar-refractivity contribution is -0.137. The van der Waals surface area contributed by atoms with E-state index in [-0.39, 0.29) is 16.5 Å². The summed E-state index contributed by atoms with van der Waals surface area (Å²) in [5.41, 5.74) is -0.387. The molecular weight excluding hydrogens is 547 g/mol. The zero-order valence-corrected chi connectivity index (χ0v) is 21.0. The number of nitrogens with zero attached hydrogens (tertiary/aromatic N) is 4. The van der Waals surface area contributed by atoms with Crippen molar-refractivity contribution in [3.05, 3.63) is 70.8 Å². The van der Waals surface area contributed by atoms with Gasteiger partial charge in [0.05, 0.1) is 22.5 Å². The summed E-state index contributed by atoms with van der Waals surface area (Å²) in [6.45, 7) is 0.516. The number of anilines is 4. The molecule has 1 aliphatic heterocycles. The highest BCUT2D eigenvalue weighted by Gasteiger charge is 2.33. The first kappa shape index (κ1) is 26.7. The van der Waals surface area contributed by atoms with Crippen molar-refractivity contribution in [3.63, 3.8) is 0 Å². The molecule has 0 aliphatic carbocycles. The summed E-state index contributed by atoms with van der Waals surface area (Å²) in [4.78, 5) is 21.6. The van der Waals surface area contributed by atoms with Gasteiger partial charge in [-0.05, 0) is 48.6 Å². The summed E-state index contributed by atoms with van der Waals surface area (Å²) < 4.78 is 39.2. The molecule has 198 valence electrons. The molecule has 0 amide bonds. The molecule has 0 fully saturated rings. The van der Waals surface area contributed by atoms with E-state index in [0.717, 1.165) is 12.1 Å². The Morgan fingerprint density at radius 2 is 1.92 bits per heavy atom. The molecule has 0 unspecified atom stereocenters. The number of hydrogen-bond donors (Lipinski definition) is 6. The number of pyridine rings is 1. The van der Waals surface area contributed by atoms with Gasteiger partial charge in [0, 0.05) is 25.3 Å². The summed E-state index contributed by atoms with van der Waals surface area (Å²) in [6, 6.07) is 8.06. The number of hydrogen-bond acceptors (Lipinski definition) is 8. The topological polar surface area (TPSA) is 143 Å². The van der Waals surface area contributed by atoms with Crippen LogP contribution >= 0.6 is 23.8 Å². The minimum atomic E-state index is -4.60. The zero-order chi connectivity index (χ0) is 27.4. The Hall–Kier alpha value is -4.37. The Bertz CT molecular complexity index is 1420. The molecule has 4 rings (SSSR count). The van der Waals surface area contributed by atoms with Gasteiger partial charge < -0.3 is 31.3 Å². The molecule has 38 heavy (non-hydrogen) atoms. The number of aliphatic imine (C=N–C) groups is 1. The van der Waals surface area contributed by atoms with E-state index in [2.05, 4.69) is 41.4 Å². The summed E-state index contributed by atoms with van der Waals surface area (Å²) in [7, 11) is 1.83. The highest BCUT2D eigenvalue weighted by atomic mass is 35.5. The Balaban J connectivity index is 1.36. The standard InChI is InChI=1S/C22H19ClF3N9O2S/c1-35-7-6-17(30-18-9-15(19(36)37)33-34-18)31-20(35)28-12-3-5-16(27-10-12)32-21(38)29-11-2-4-14(23)13(8-11)22(24,25)26/h2-6,8-10H,7H2,1H3,(H,28,31)(H,36,37)(H2,30,33,34)(H2,27,29,32,38). The van der Waals surface area contributed by atoms with Gasteiger partial charge in [-0.25, -0.2) is 9.78 Å². The van der Waals surface area contributed by atoms with Gasteiger partial charge in [-0.2, -0.15) is 23.3 Å². The third-order valence-corrected chi connectivity index (χ3v) is 5.53. The lowest BCUT2D eigenvalue weighted by Crippen LogP contribution is -2.36. The quantitative estimate of drug-likeness (QED) is 0.234. The van der Waals surface area contributed by atoms with Gasteiger partial charge in [0.15, 0.2) is 10.8 Å². The van der Waals surface area contributed by atoms with Crippen LogP contribution in [0.1, 0.15) is 16.1 Å². The van der Waals surface area contributed by atoms with Crippen LogP contribution in [-0.4, -0.2) is 55.8 Å². The number of carboxylic acid groups (broad SMARTS) is 1. The van der Waals surface area contributed by atoms with Crippen molar-refractivity contribution in [3.8, 4) is 0 Å². The third-order valence-electron chi connectivity index (χ3n) is 5.00. The number of likely N-dealkylation sites (N-methyl/N-ethyl adjacent to an activating group) is 1. The Morgan fingerprint density at radius 3 is 2.58 bits per heavy atom. The summed E-state index contributed by atoms with van der Waals surface area (Å²) in [5, 5.41) is 26.5. The number of H-pyrrole nitrogens is 1. The molecule has 1 aliphatic rings. The molecule has 0 bridgehead atoms.